The summed E-state index contributed by atoms with van der Waals surface area (Å²) in [6.45, 7) is 2.42. The van der Waals surface area contributed by atoms with Crippen LogP contribution in [0, 0.1) is 11.7 Å². The average molecular weight is 224 g/mol. The molecule has 0 radical (unpaired) electrons. The first-order valence-corrected chi connectivity index (χ1v) is 5.60. The van der Waals surface area contributed by atoms with Gasteiger partial charge in [0.2, 0.25) is 0 Å². The molecular weight excluding hydrogens is 207 g/mol. The van der Waals surface area contributed by atoms with E-state index in [1.165, 1.54) is 12.1 Å². The second-order valence-corrected chi connectivity index (χ2v) is 4.19. The van der Waals surface area contributed by atoms with E-state index >= 15 is 0 Å². The van der Waals surface area contributed by atoms with Gasteiger partial charge in [0.1, 0.15) is 18.2 Å². The second-order valence-electron chi connectivity index (χ2n) is 4.19. The number of nitrogens with one attached hydrogen (secondary N) is 1. The predicted molar refractivity (Wildman–Crippen MR) is 60.8 cm³/mol. The van der Waals surface area contributed by atoms with Gasteiger partial charge in [-0.05, 0) is 37.6 Å². The molecule has 1 aliphatic rings. The number of ether oxygens (including phenoxy) is 1. The van der Waals surface area contributed by atoms with Crippen molar-refractivity contribution in [2.75, 3.05) is 19.7 Å². The quantitative estimate of drug-likeness (QED) is 0.806. The van der Waals surface area contributed by atoms with Crippen LogP contribution in [-0.4, -0.2) is 25.7 Å². The van der Waals surface area contributed by atoms with Gasteiger partial charge in [0.05, 0.1) is 0 Å². The van der Waals surface area contributed by atoms with E-state index in [4.69, 9.17) is 10.5 Å². The highest BCUT2D eigenvalue weighted by molar-refractivity contribution is 5.22. The maximum absolute atomic E-state index is 12.9. The van der Waals surface area contributed by atoms with Crippen molar-refractivity contribution in [3.63, 3.8) is 0 Å². The van der Waals surface area contributed by atoms with Crippen molar-refractivity contribution in [2.45, 2.75) is 12.5 Å². The summed E-state index contributed by atoms with van der Waals surface area (Å²) in [6.07, 6.45) is 1.09. The minimum atomic E-state index is -0.284. The smallest absolute Gasteiger partial charge is 0.126 e. The first-order chi connectivity index (χ1) is 7.75. The molecule has 2 atom stereocenters. The van der Waals surface area contributed by atoms with Crippen molar-refractivity contribution in [1.82, 2.24) is 5.32 Å². The minimum absolute atomic E-state index is 0.0123. The molecule has 2 unspecified atom stereocenters. The van der Waals surface area contributed by atoms with E-state index in [2.05, 4.69) is 5.32 Å². The van der Waals surface area contributed by atoms with Crippen molar-refractivity contribution in [3.05, 3.63) is 30.1 Å². The Hall–Kier alpha value is -1.13. The Balaban J connectivity index is 1.82. The normalized spacial score (nSPS) is 22.0. The topological polar surface area (TPSA) is 47.3 Å². The molecule has 1 fully saturated rings. The lowest BCUT2D eigenvalue weighted by Crippen LogP contribution is -2.37. The molecule has 0 aromatic heterocycles. The van der Waals surface area contributed by atoms with Gasteiger partial charge in [0.15, 0.2) is 0 Å². The van der Waals surface area contributed by atoms with Gasteiger partial charge in [0.25, 0.3) is 0 Å². The number of nitrogens with two attached hydrogens (primary N) is 1. The first-order valence-electron chi connectivity index (χ1n) is 5.60. The van der Waals surface area contributed by atoms with Crippen LogP contribution in [0.15, 0.2) is 24.3 Å². The van der Waals surface area contributed by atoms with Crippen molar-refractivity contribution >= 4 is 0 Å². The summed E-state index contributed by atoms with van der Waals surface area (Å²) >= 11 is 0. The number of rotatable bonds is 4. The fourth-order valence-corrected chi connectivity index (χ4v) is 1.93. The third kappa shape index (κ3) is 2.93. The lowest BCUT2D eigenvalue weighted by Gasteiger charge is -2.18. The van der Waals surface area contributed by atoms with E-state index < -0.39 is 0 Å². The molecule has 0 amide bonds. The lowest BCUT2D eigenvalue weighted by atomic mass is 10.0. The highest BCUT2D eigenvalue weighted by Crippen LogP contribution is 2.15. The Morgan fingerprint density at radius 3 is 3.12 bits per heavy atom. The summed E-state index contributed by atoms with van der Waals surface area (Å²) in [6, 6.07) is 6.15. The molecule has 4 heteroatoms. The highest BCUT2D eigenvalue weighted by Gasteiger charge is 2.21. The van der Waals surface area contributed by atoms with Crippen LogP contribution in [0.1, 0.15) is 6.42 Å². The number of halogens is 1. The van der Waals surface area contributed by atoms with E-state index in [1.807, 2.05) is 0 Å². The molecule has 1 saturated heterocycles. The molecule has 0 aliphatic carbocycles. The Kier molecular flexibility index (Phi) is 3.74. The third-order valence-electron chi connectivity index (χ3n) is 2.94. The van der Waals surface area contributed by atoms with Crippen LogP contribution in [0.5, 0.6) is 5.75 Å². The van der Waals surface area contributed by atoms with E-state index in [-0.39, 0.29) is 11.9 Å². The summed E-state index contributed by atoms with van der Waals surface area (Å²) in [5.41, 5.74) is 6.01. The highest BCUT2D eigenvalue weighted by atomic mass is 19.1. The van der Waals surface area contributed by atoms with Crippen LogP contribution in [0.2, 0.25) is 0 Å². The molecule has 88 valence electrons. The fraction of sp³-hybridized carbons (Fsp3) is 0.500. The second kappa shape index (κ2) is 5.27. The van der Waals surface area contributed by atoms with Crippen LogP contribution in [0.3, 0.4) is 0 Å². The van der Waals surface area contributed by atoms with Gasteiger partial charge >= 0.3 is 0 Å². The van der Waals surface area contributed by atoms with Crippen LogP contribution in [-0.2, 0) is 0 Å². The Morgan fingerprint density at radius 1 is 1.56 bits per heavy atom. The van der Waals surface area contributed by atoms with Gasteiger partial charge in [-0.2, -0.15) is 0 Å². The number of hydrogen-bond acceptors (Lipinski definition) is 3. The first kappa shape index (κ1) is 11.4. The van der Waals surface area contributed by atoms with E-state index in [0.29, 0.717) is 18.3 Å². The fourth-order valence-electron chi connectivity index (χ4n) is 1.93. The van der Waals surface area contributed by atoms with E-state index in [0.717, 1.165) is 19.5 Å². The summed E-state index contributed by atoms with van der Waals surface area (Å²) in [5, 5.41) is 3.26. The molecule has 1 aliphatic heterocycles. The van der Waals surface area contributed by atoms with Crippen molar-refractivity contribution < 1.29 is 9.13 Å². The van der Waals surface area contributed by atoms with Gasteiger partial charge < -0.3 is 15.8 Å². The summed E-state index contributed by atoms with van der Waals surface area (Å²) in [4.78, 5) is 0. The zero-order chi connectivity index (χ0) is 11.4. The summed E-state index contributed by atoms with van der Waals surface area (Å²) in [5.74, 6) is 0.726. The largest absolute Gasteiger partial charge is 0.492 e. The van der Waals surface area contributed by atoms with Gasteiger partial charge in [-0.15, -0.1) is 0 Å². The van der Waals surface area contributed by atoms with Crippen LogP contribution in [0.25, 0.3) is 0 Å². The Morgan fingerprint density at radius 2 is 2.44 bits per heavy atom. The minimum Gasteiger partial charge on any atom is -0.492 e. The summed E-state index contributed by atoms with van der Waals surface area (Å²) in [7, 11) is 0. The van der Waals surface area contributed by atoms with Crippen molar-refractivity contribution in [3.8, 4) is 5.75 Å². The van der Waals surface area contributed by atoms with Crippen LogP contribution < -0.4 is 15.8 Å². The standard InChI is InChI=1S/C12H17FN2O/c13-10-2-1-3-11(6-10)16-8-12(14)9-4-5-15-7-9/h1-3,6,9,12,15H,4-5,7-8,14H2. The van der Waals surface area contributed by atoms with Gasteiger partial charge in [-0.25, -0.2) is 4.39 Å². The predicted octanol–water partition coefficient (Wildman–Crippen LogP) is 1.14. The van der Waals surface area contributed by atoms with E-state index in [1.54, 1.807) is 12.1 Å². The van der Waals surface area contributed by atoms with Crippen LogP contribution in [0.4, 0.5) is 4.39 Å². The molecule has 3 N–H and O–H groups in total. The van der Waals surface area contributed by atoms with Crippen molar-refractivity contribution in [2.24, 2.45) is 11.7 Å². The average Bonchev–Trinajstić information content (AvgIpc) is 2.79. The Bertz CT molecular complexity index is 340. The molecule has 2 rings (SSSR count). The molecule has 1 aromatic carbocycles. The third-order valence-corrected chi connectivity index (χ3v) is 2.94. The molecular formula is C12H17FN2O. The zero-order valence-corrected chi connectivity index (χ0v) is 9.16. The molecule has 0 saturated carbocycles. The van der Waals surface area contributed by atoms with Gasteiger partial charge in [-0.3, -0.25) is 0 Å². The van der Waals surface area contributed by atoms with Gasteiger partial charge in [0, 0.05) is 12.1 Å². The molecule has 1 heterocycles. The van der Waals surface area contributed by atoms with Crippen molar-refractivity contribution in [1.29, 1.82) is 0 Å². The van der Waals surface area contributed by atoms with Gasteiger partial charge in [-0.1, -0.05) is 6.07 Å². The van der Waals surface area contributed by atoms with E-state index in [9.17, 15) is 4.39 Å². The molecule has 3 nitrogen and oxygen atoms in total. The molecule has 1 aromatic rings. The maximum atomic E-state index is 12.9. The monoisotopic (exact) mass is 224 g/mol. The molecule has 0 spiro atoms. The lowest BCUT2D eigenvalue weighted by molar-refractivity contribution is 0.251. The maximum Gasteiger partial charge on any atom is 0.126 e. The number of hydrogen-bond donors (Lipinski definition) is 2. The number of benzene rings is 1. The molecule has 16 heavy (non-hydrogen) atoms. The molecule has 0 bridgehead atoms. The zero-order valence-electron chi connectivity index (χ0n) is 9.16. The SMILES string of the molecule is NC(COc1cccc(F)c1)C1CCNC1. The summed E-state index contributed by atoms with van der Waals surface area (Å²) < 4.78 is 18.3. The Labute approximate surface area is 94.8 Å². The van der Waals surface area contributed by atoms with Crippen LogP contribution >= 0.6 is 0 Å².